The van der Waals surface area contributed by atoms with Crippen LogP contribution >= 0.6 is 0 Å². The zero-order valence-corrected chi connectivity index (χ0v) is 11.7. The standard InChI is InChI=1S/C14H23FN2O/c1-10(2)7-16-8-12-5-6-17-14(13(12)15)18-9-11(3)4/h5-6,10-11,16H,7-9H2,1-4H3. The Labute approximate surface area is 109 Å². The van der Waals surface area contributed by atoms with Crippen molar-refractivity contribution in [3.8, 4) is 5.88 Å². The monoisotopic (exact) mass is 254 g/mol. The van der Waals surface area contributed by atoms with E-state index in [1.165, 1.54) is 0 Å². The minimum absolute atomic E-state index is 0.104. The highest BCUT2D eigenvalue weighted by molar-refractivity contribution is 5.23. The van der Waals surface area contributed by atoms with Gasteiger partial charge in [0.25, 0.3) is 5.88 Å². The van der Waals surface area contributed by atoms with E-state index in [4.69, 9.17) is 4.74 Å². The molecule has 0 spiro atoms. The molecule has 4 heteroatoms. The summed E-state index contributed by atoms with van der Waals surface area (Å²) in [6.07, 6.45) is 1.59. The summed E-state index contributed by atoms with van der Waals surface area (Å²) < 4.78 is 19.4. The molecule has 1 heterocycles. The van der Waals surface area contributed by atoms with E-state index in [2.05, 4.69) is 24.1 Å². The molecule has 0 saturated carbocycles. The number of nitrogens with zero attached hydrogens (tertiary/aromatic N) is 1. The lowest BCUT2D eigenvalue weighted by molar-refractivity contribution is 0.248. The summed E-state index contributed by atoms with van der Waals surface area (Å²) in [5.74, 6) is 0.655. The van der Waals surface area contributed by atoms with Crippen LogP contribution in [0.2, 0.25) is 0 Å². The van der Waals surface area contributed by atoms with Gasteiger partial charge in [-0.2, -0.15) is 0 Å². The summed E-state index contributed by atoms with van der Waals surface area (Å²) in [6.45, 7) is 10.1. The van der Waals surface area contributed by atoms with Crippen LogP contribution in [0.1, 0.15) is 33.3 Å². The lowest BCUT2D eigenvalue weighted by Gasteiger charge is -2.12. The van der Waals surface area contributed by atoms with Crippen LogP contribution in [-0.2, 0) is 6.54 Å². The number of ether oxygens (including phenoxy) is 1. The maximum Gasteiger partial charge on any atom is 0.250 e. The fourth-order valence-corrected chi connectivity index (χ4v) is 1.44. The Balaban J connectivity index is 2.60. The molecule has 0 amide bonds. The molecule has 1 rings (SSSR count). The van der Waals surface area contributed by atoms with E-state index in [-0.39, 0.29) is 11.7 Å². The first-order valence-electron chi connectivity index (χ1n) is 6.47. The van der Waals surface area contributed by atoms with Gasteiger partial charge in [-0.25, -0.2) is 9.37 Å². The maximum absolute atomic E-state index is 14.0. The van der Waals surface area contributed by atoms with Crippen LogP contribution in [-0.4, -0.2) is 18.1 Å². The third-order valence-electron chi connectivity index (χ3n) is 2.36. The van der Waals surface area contributed by atoms with Crippen molar-refractivity contribution in [2.24, 2.45) is 11.8 Å². The second-order valence-corrected chi connectivity index (χ2v) is 5.32. The van der Waals surface area contributed by atoms with Crippen molar-refractivity contribution < 1.29 is 9.13 Å². The first-order chi connectivity index (χ1) is 8.50. The second-order valence-electron chi connectivity index (χ2n) is 5.32. The zero-order chi connectivity index (χ0) is 13.5. The largest absolute Gasteiger partial charge is 0.475 e. The third-order valence-corrected chi connectivity index (χ3v) is 2.36. The molecule has 0 aliphatic carbocycles. The smallest absolute Gasteiger partial charge is 0.250 e. The van der Waals surface area contributed by atoms with E-state index in [9.17, 15) is 4.39 Å². The molecular formula is C14H23FN2O. The highest BCUT2D eigenvalue weighted by atomic mass is 19.1. The number of hydrogen-bond acceptors (Lipinski definition) is 3. The lowest BCUT2D eigenvalue weighted by Crippen LogP contribution is -2.20. The van der Waals surface area contributed by atoms with Gasteiger partial charge in [0.05, 0.1) is 6.61 Å². The highest BCUT2D eigenvalue weighted by Crippen LogP contribution is 2.17. The molecule has 1 N–H and O–H groups in total. The number of pyridine rings is 1. The molecule has 1 aromatic heterocycles. The van der Waals surface area contributed by atoms with Gasteiger partial charge >= 0.3 is 0 Å². The fourth-order valence-electron chi connectivity index (χ4n) is 1.44. The minimum atomic E-state index is -0.352. The van der Waals surface area contributed by atoms with E-state index in [0.717, 1.165) is 6.54 Å². The van der Waals surface area contributed by atoms with Gasteiger partial charge in [-0.15, -0.1) is 0 Å². The first kappa shape index (κ1) is 14.9. The number of nitrogens with one attached hydrogen (secondary N) is 1. The Kier molecular flexibility index (Phi) is 6.05. The summed E-state index contributed by atoms with van der Waals surface area (Å²) in [5.41, 5.74) is 0.601. The Hall–Kier alpha value is -1.16. The van der Waals surface area contributed by atoms with Crippen LogP contribution < -0.4 is 10.1 Å². The van der Waals surface area contributed by atoms with E-state index >= 15 is 0 Å². The van der Waals surface area contributed by atoms with Gasteiger partial charge in [-0.05, 0) is 24.4 Å². The molecule has 0 radical (unpaired) electrons. The number of rotatable bonds is 7. The molecule has 0 fully saturated rings. The predicted molar refractivity (Wildman–Crippen MR) is 71.1 cm³/mol. The Morgan fingerprint density at radius 1 is 1.28 bits per heavy atom. The molecule has 3 nitrogen and oxygen atoms in total. The van der Waals surface area contributed by atoms with Crippen molar-refractivity contribution in [2.45, 2.75) is 34.2 Å². The van der Waals surface area contributed by atoms with E-state index in [1.54, 1.807) is 12.3 Å². The predicted octanol–water partition coefficient (Wildman–Crippen LogP) is 3.00. The molecule has 1 aromatic rings. The molecular weight excluding hydrogens is 231 g/mol. The summed E-state index contributed by atoms with van der Waals surface area (Å²) in [6, 6.07) is 1.69. The Morgan fingerprint density at radius 2 is 2.00 bits per heavy atom. The average Bonchev–Trinajstić information content (AvgIpc) is 2.29. The van der Waals surface area contributed by atoms with Gasteiger partial charge in [0.1, 0.15) is 0 Å². The van der Waals surface area contributed by atoms with Gasteiger partial charge < -0.3 is 10.1 Å². The number of aromatic nitrogens is 1. The molecule has 0 aromatic carbocycles. The van der Waals surface area contributed by atoms with Crippen molar-refractivity contribution in [3.63, 3.8) is 0 Å². The van der Waals surface area contributed by atoms with Gasteiger partial charge in [0, 0.05) is 18.3 Å². The molecule has 0 atom stereocenters. The minimum Gasteiger partial charge on any atom is -0.475 e. The number of hydrogen-bond donors (Lipinski definition) is 1. The summed E-state index contributed by atoms with van der Waals surface area (Å²) in [7, 11) is 0. The fraction of sp³-hybridized carbons (Fsp3) is 0.643. The SMILES string of the molecule is CC(C)CNCc1ccnc(OCC(C)C)c1F. The van der Waals surface area contributed by atoms with Crippen LogP contribution in [0.25, 0.3) is 0 Å². The van der Waals surface area contributed by atoms with E-state index in [1.807, 2.05) is 13.8 Å². The molecule has 0 bridgehead atoms. The first-order valence-corrected chi connectivity index (χ1v) is 6.47. The van der Waals surface area contributed by atoms with E-state index in [0.29, 0.717) is 30.6 Å². The van der Waals surface area contributed by atoms with Crippen LogP contribution in [0.3, 0.4) is 0 Å². The van der Waals surface area contributed by atoms with Crippen molar-refractivity contribution in [1.82, 2.24) is 10.3 Å². The van der Waals surface area contributed by atoms with Crippen LogP contribution in [0.5, 0.6) is 5.88 Å². The van der Waals surface area contributed by atoms with Crippen LogP contribution in [0.4, 0.5) is 4.39 Å². The highest BCUT2D eigenvalue weighted by Gasteiger charge is 2.11. The lowest BCUT2D eigenvalue weighted by atomic mass is 10.2. The van der Waals surface area contributed by atoms with Crippen molar-refractivity contribution >= 4 is 0 Å². The van der Waals surface area contributed by atoms with Gasteiger partial charge in [-0.1, -0.05) is 27.7 Å². The van der Waals surface area contributed by atoms with Crippen molar-refractivity contribution in [1.29, 1.82) is 0 Å². The quantitative estimate of drug-likeness (QED) is 0.812. The van der Waals surface area contributed by atoms with Gasteiger partial charge in [-0.3, -0.25) is 0 Å². The van der Waals surface area contributed by atoms with Crippen molar-refractivity contribution in [3.05, 3.63) is 23.6 Å². The molecule has 18 heavy (non-hydrogen) atoms. The van der Waals surface area contributed by atoms with Crippen molar-refractivity contribution in [2.75, 3.05) is 13.2 Å². The van der Waals surface area contributed by atoms with Gasteiger partial charge in [0.15, 0.2) is 5.82 Å². The summed E-state index contributed by atoms with van der Waals surface area (Å²) in [4.78, 5) is 3.93. The molecule has 0 unspecified atom stereocenters. The average molecular weight is 254 g/mol. The molecule has 0 aliphatic heterocycles. The molecule has 102 valence electrons. The summed E-state index contributed by atoms with van der Waals surface area (Å²) in [5, 5.41) is 3.21. The second kappa shape index (κ2) is 7.31. The normalized spacial score (nSPS) is 11.3. The Bertz CT molecular complexity index is 367. The number of halogens is 1. The molecule has 0 aliphatic rings. The third kappa shape index (κ3) is 5.00. The maximum atomic E-state index is 14.0. The topological polar surface area (TPSA) is 34.2 Å². The zero-order valence-electron chi connectivity index (χ0n) is 11.7. The van der Waals surface area contributed by atoms with Gasteiger partial charge in [0.2, 0.25) is 0 Å². The molecule has 0 saturated heterocycles. The summed E-state index contributed by atoms with van der Waals surface area (Å²) >= 11 is 0. The van der Waals surface area contributed by atoms with E-state index < -0.39 is 0 Å². The Morgan fingerprint density at radius 3 is 2.61 bits per heavy atom. The van der Waals surface area contributed by atoms with Crippen LogP contribution in [0, 0.1) is 17.7 Å². The van der Waals surface area contributed by atoms with Crippen LogP contribution in [0.15, 0.2) is 12.3 Å².